The molecule has 0 N–H and O–H groups in total. The Morgan fingerprint density at radius 2 is 1.15 bits per heavy atom. The van der Waals surface area contributed by atoms with Crippen LogP contribution < -0.4 is 24.8 Å². The van der Waals surface area contributed by atoms with E-state index in [2.05, 4.69) is 38.7 Å². The van der Waals surface area contributed by atoms with Crippen molar-refractivity contribution in [2.24, 2.45) is 0 Å². The summed E-state index contributed by atoms with van der Waals surface area (Å²) in [6, 6.07) is 8.24. The second-order valence-corrected chi connectivity index (χ2v) is 5.96. The van der Waals surface area contributed by atoms with E-state index in [1.807, 2.05) is 12.1 Å². The summed E-state index contributed by atoms with van der Waals surface area (Å²) in [6.45, 7) is 8.89. The molecule has 0 spiro atoms. The molecule has 0 aliphatic heterocycles. The summed E-state index contributed by atoms with van der Waals surface area (Å²) < 4.78 is 0. The normalized spacial score (nSPS) is 6.85. The van der Waals surface area contributed by atoms with E-state index in [4.69, 9.17) is 0 Å². The molecule has 0 aromatic heterocycles. The van der Waals surface area contributed by atoms with Crippen LogP contribution in [-0.2, 0) is 26.2 Å². The third kappa shape index (κ3) is 24.6. The Bertz CT molecular complexity index is 150. The van der Waals surface area contributed by atoms with Gasteiger partial charge in [0.25, 0.3) is 0 Å². The molecule has 1 aromatic rings. The first-order valence-electron chi connectivity index (χ1n) is 3.58. The molecule has 4 heteroatoms. The summed E-state index contributed by atoms with van der Waals surface area (Å²) in [4.78, 5) is 0. The first kappa shape index (κ1) is 23.7. The topological polar surface area (TPSA) is 0 Å². The van der Waals surface area contributed by atoms with E-state index in [0.29, 0.717) is 0 Å². The van der Waals surface area contributed by atoms with Crippen LogP contribution in [0.4, 0.5) is 0 Å². The second kappa shape index (κ2) is 15.5. The molecular formula is C9H16Cl2SiZr. The van der Waals surface area contributed by atoms with Gasteiger partial charge >= 0.3 is 26.2 Å². The van der Waals surface area contributed by atoms with Crippen LogP contribution in [0.25, 0.3) is 0 Å². The van der Waals surface area contributed by atoms with Gasteiger partial charge in [-0.05, 0) is 0 Å². The largest absolute Gasteiger partial charge is 3.00 e. The standard InChI is InChI=1S/C6H7.C3H9Si.2ClH.Zr/c1-6-4-2-3-5-6;1-4(2)3;;;/h2-5H,1H3;1-3H3;2*1H;/q-1;;;;+3/p-2. The van der Waals surface area contributed by atoms with Gasteiger partial charge < -0.3 is 24.8 Å². The minimum atomic E-state index is 0. The summed E-state index contributed by atoms with van der Waals surface area (Å²) >= 11 is 0. The van der Waals surface area contributed by atoms with E-state index in [1.165, 1.54) is 5.56 Å². The van der Waals surface area contributed by atoms with Crippen molar-refractivity contribution in [3.63, 3.8) is 0 Å². The van der Waals surface area contributed by atoms with E-state index in [9.17, 15) is 0 Å². The van der Waals surface area contributed by atoms with Gasteiger partial charge in [0, 0.05) is 8.80 Å². The maximum Gasteiger partial charge on any atom is 3.00 e. The van der Waals surface area contributed by atoms with Crippen molar-refractivity contribution >= 4 is 8.80 Å². The van der Waals surface area contributed by atoms with Gasteiger partial charge in [-0.15, -0.1) is 0 Å². The fraction of sp³-hybridized carbons (Fsp3) is 0.444. The van der Waals surface area contributed by atoms with Crippen molar-refractivity contribution < 1.29 is 51.0 Å². The average Bonchev–Trinajstić information content (AvgIpc) is 2.15. The molecule has 2 radical (unpaired) electrons. The molecule has 0 saturated heterocycles. The van der Waals surface area contributed by atoms with Crippen LogP contribution in [0.5, 0.6) is 0 Å². The molecule has 0 fully saturated rings. The molecule has 0 bridgehead atoms. The van der Waals surface area contributed by atoms with E-state index in [0.717, 1.165) is 0 Å². The maximum atomic E-state index is 2.27. The van der Waals surface area contributed by atoms with Crippen LogP contribution in [0.1, 0.15) is 5.56 Å². The number of hydrogen-bond acceptors (Lipinski definition) is 0. The molecule has 1 rings (SSSR count). The predicted molar refractivity (Wildman–Crippen MR) is 50.1 cm³/mol. The number of rotatable bonds is 0. The molecule has 13 heavy (non-hydrogen) atoms. The first-order chi connectivity index (χ1) is 4.63. The van der Waals surface area contributed by atoms with E-state index in [1.54, 1.807) is 0 Å². The molecule has 0 nitrogen and oxygen atoms in total. The number of aryl methyl sites for hydroxylation is 1. The first-order valence-corrected chi connectivity index (χ1v) is 6.58. The summed E-state index contributed by atoms with van der Waals surface area (Å²) in [6.07, 6.45) is 0. The molecule has 0 saturated carbocycles. The van der Waals surface area contributed by atoms with Crippen molar-refractivity contribution in [2.45, 2.75) is 26.6 Å². The fourth-order valence-electron chi connectivity index (χ4n) is 0.470. The van der Waals surface area contributed by atoms with Crippen molar-refractivity contribution in [3.05, 3.63) is 29.8 Å². The van der Waals surface area contributed by atoms with Crippen LogP contribution in [0.2, 0.25) is 19.6 Å². The molecule has 74 valence electrons. The monoisotopic (exact) mass is 312 g/mol. The summed E-state index contributed by atoms with van der Waals surface area (Å²) in [5, 5.41) is 0. The van der Waals surface area contributed by atoms with Gasteiger partial charge in [-0.25, -0.2) is 12.1 Å². The van der Waals surface area contributed by atoms with Crippen molar-refractivity contribution in [1.82, 2.24) is 0 Å². The van der Waals surface area contributed by atoms with Gasteiger partial charge in [0.05, 0.1) is 0 Å². The van der Waals surface area contributed by atoms with Crippen LogP contribution in [0.15, 0.2) is 24.3 Å². The smallest absolute Gasteiger partial charge is 1.00 e. The Morgan fingerprint density at radius 1 is 0.923 bits per heavy atom. The Hall–Kier alpha value is 1.03. The zero-order valence-corrected chi connectivity index (χ0v) is 13.5. The summed E-state index contributed by atoms with van der Waals surface area (Å²) in [5.41, 5.74) is 1.34. The minimum Gasteiger partial charge on any atom is -1.00 e. The van der Waals surface area contributed by atoms with Gasteiger partial charge in [-0.1, -0.05) is 26.6 Å². The average molecular weight is 314 g/mol. The Kier molecular flexibility index (Phi) is 28.2. The number of hydrogen-bond donors (Lipinski definition) is 0. The SMILES string of the molecule is C[Si](C)C.C[c-]1cccc1.[Cl-].[Cl-].[Zr+3]. The molecule has 0 unspecified atom stereocenters. The molecular weight excluding hydrogens is 298 g/mol. The summed E-state index contributed by atoms with van der Waals surface area (Å²) in [7, 11) is 0.120. The molecule has 0 aliphatic rings. The molecule has 0 heterocycles. The van der Waals surface area contributed by atoms with Crippen molar-refractivity contribution in [3.8, 4) is 0 Å². The Morgan fingerprint density at radius 3 is 1.23 bits per heavy atom. The number of halogens is 2. The Labute approximate surface area is 115 Å². The quantitative estimate of drug-likeness (QED) is 0.356. The third-order valence-electron chi connectivity index (χ3n) is 0.829. The van der Waals surface area contributed by atoms with E-state index in [-0.39, 0.29) is 59.8 Å². The predicted octanol–water partition coefficient (Wildman–Crippen LogP) is -2.91. The van der Waals surface area contributed by atoms with Gasteiger partial charge in [0.15, 0.2) is 0 Å². The Balaban J connectivity index is -0.0000000536. The molecule has 0 amide bonds. The molecule has 0 aliphatic carbocycles. The van der Waals surface area contributed by atoms with Gasteiger partial charge in [-0.3, -0.25) is 0 Å². The van der Waals surface area contributed by atoms with Crippen LogP contribution in [-0.4, -0.2) is 8.80 Å². The van der Waals surface area contributed by atoms with Gasteiger partial charge in [-0.2, -0.15) is 17.7 Å². The fourth-order valence-corrected chi connectivity index (χ4v) is 0.470. The second-order valence-electron chi connectivity index (χ2n) is 2.96. The van der Waals surface area contributed by atoms with Crippen LogP contribution >= 0.6 is 0 Å². The third-order valence-corrected chi connectivity index (χ3v) is 0.829. The van der Waals surface area contributed by atoms with Crippen LogP contribution in [0, 0.1) is 6.92 Å². The zero-order chi connectivity index (χ0) is 7.98. The van der Waals surface area contributed by atoms with Crippen LogP contribution in [0.3, 0.4) is 0 Å². The maximum absolute atomic E-state index is 2.27. The van der Waals surface area contributed by atoms with Crippen molar-refractivity contribution in [1.29, 1.82) is 0 Å². The van der Waals surface area contributed by atoms with E-state index < -0.39 is 0 Å². The van der Waals surface area contributed by atoms with Gasteiger partial charge in [0.2, 0.25) is 0 Å². The van der Waals surface area contributed by atoms with Crippen molar-refractivity contribution in [2.75, 3.05) is 0 Å². The molecule has 1 aromatic carbocycles. The summed E-state index contributed by atoms with van der Waals surface area (Å²) in [5.74, 6) is 0. The van der Waals surface area contributed by atoms with Gasteiger partial charge in [0.1, 0.15) is 0 Å². The minimum absolute atomic E-state index is 0. The van der Waals surface area contributed by atoms with E-state index >= 15 is 0 Å². The molecule has 0 atom stereocenters. The zero-order valence-electron chi connectivity index (χ0n) is 8.57.